The molecule has 1 aliphatic rings. The average molecular weight is 183 g/mol. The molecule has 0 aromatic rings. The van der Waals surface area contributed by atoms with Gasteiger partial charge in [0, 0.05) is 19.1 Å². The van der Waals surface area contributed by atoms with Crippen LogP contribution in [0.2, 0.25) is 0 Å². The van der Waals surface area contributed by atoms with E-state index in [1.807, 2.05) is 19.9 Å². The summed E-state index contributed by atoms with van der Waals surface area (Å²) in [4.78, 5) is 13.0. The van der Waals surface area contributed by atoms with Crippen molar-refractivity contribution in [1.29, 1.82) is 0 Å². The van der Waals surface area contributed by atoms with E-state index in [4.69, 9.17) is 5.11 Å². The third kappa shape index (κ3) is 2.10. The van der Waals surface area contributed by atoms with Crippen LogP contribution in [0.15, 0.2) is 12.7 Å². The van der Waals surface area contributed by atoms with Crippen LogP contribution in [0.5, 0.6) is 0 Å². The Balaban J connectivity index is 2.59. The summed E-state index contributed by atoms with van der Waals surface area (Å²) in [7, 11) is 0. The van der Waals surface area contributed by atoms with Gasteiger partial charge in [-0.25, -0.2) is 0 Å². The van der Waals surface area contributed by atoms with Crippen LogP contribution in [-0.4, -0.2) is 35.1 Å². The van der Waals surface area contributed by atoms with E-state index in [0.29, 0.717) is 6.54 Å². The predicted octanol–water partition coefficient (Wildman–Crippen LogP) is 1.21. The van der Waals surface area contributed by atoms with Crippen molar-refractivity contribution >= 4 is 5.97 Å². The Bertz CT molecular complexity index is 215. The summed E-state index contributed by atoms with van der Waals surface area (Å²) in [6.07, 6.45) is 1.86. The molecule has 1 aliphatic heterocycles. The Kier molecular flexibility index (Phi) is 3.09. The first-order chi connectivity index (χ1) is 6.06. The summed E-state index contributed by atoms with van der Waals surface area (Å²) in [5.74, 6) is -0.631. The molecule has 1 unspecified atom stereocenters. The van der Waals surface area contributed by atoms with Gasteiger partial charge in [-0.15, -0.1) is 6.58 Å². The normalized spacial score (nSPS) is 31.5. The van der Waals surface area contributed by atoms with Crippen molar-refractivity contribution in [2.24, 2.45) is 11.8 Å². The molecule has 1 rings (SSSR count). The van der Waals surface area contributed by atoms with Crippen molar-refractivity contribution in [2.45, 2.75) is 19.9 Å². The van der Waals surface area contributed by atoms with Gasteiger partial charge in [-0.1, -0.05) is 13.0 Å². The first kappa shape index (κ1) is 10.3. The molecule has 0 saturated carbocycles. The number of hydrogen-bond acceptors (Lipinski definition) is 2. The van der Waals surface area contributed by atoms with Crippen molar-refractivity contribution in [1.82, 2.24) is 4.90 Å². The summed E-state index contributed by atoms with van der Waals surface area (Å²) in [5.41, 5.74) is 0. The smallest absolute Gasteiger partial charge is 0.308 e. The molecule has 0 spiro atoms. The summed E-state index contributed by atoms with van der Waals surface area (Å²) in [5, 5.41) is 8.90. The minimum Gasteiger partial charge on any atom is -0.481 e. The molecule has 3 nitrogen and oxygen atoms in total. The Morgan fingerprint density at radius 3 is 2.69 bits per heavy atom. The van der Waals surface area contributed by atoms with Gasteiger partial charge in [-0.3, -0.25) is 9.69 Å². The quantitative estimate of drug-likeness (QED) is 0.669. The number of hydrogen-bond donors (Lipinski definition) is 1. The number of aliphatic carboxylic acids is 1. The van der Waals surface area contributed by atoms with Crippen molar-refractivity contribution in [3.8, 4) is 0 Å². The minimum absolute atomic E-state index is 0.206. The SMILES string of the molecule is C=CC(C)N1C[C@@H](C)[C@H](C(=O)O)C1. The highest BCUT2D eigenvalue weighted by molar-refractivity contribution is 5.71. The lowest BCUT2D eigenvalue weighted by Gasteiger charge is -2.20. The third-order valence-electron chi connectivity index (χ3n) is 2.87. The minimum atomic E-state index is -0.675. The van der Waals surface area contributed by atoms with Gasteiger partial charge in [0.15, 0.2) is 0 Å². The van der Waals surface area contributed by atoms with E-state index in [0.717, 1.165) is 6.54 Å². The van der Waals surface area contributed by atoms with Crippen molar-refractivity contribution in [3.05, 3.63) is 12.7 Å². The summed E-state index contributed by atoms with van der Waals surface area (Å²) in [6.45, 7) is 9.27. The topological polar surface area (TPSA) is 40.5 Å². The first-order valence-electron chi connectivity index (χ1n) is 4.65. The Morgan fingerprint density at radius 2 is 2.31 bits per heavy atom. The van der Waals surface area contributed by atoms with Crippen LogP contribution < -0.4 is 0 Å². The molecule has 0 aromatic heterocycles. The molecule has 74 valence electrons. The van der Waals surface area contributed by atoms with Gasteiger partial charge in [0.25, 0.3) is 0 Å². The molecule has 0 amide bonds. The molecule has 1 N–H and O–H groups in total. The molecular formula is C10H17NO2. The molecule has 13 heavy (non-hydrogen) atoms. The average Bonchev–Trinajstić information content (AvgIpc) is 2.46. The highest BCUT2D eigenvalue weighted by Crippen LogP contribution is 2.24. The van der Waals surface area contributed by atoms with E-state index in [1.54, 1.807) is 0 Å². The number of carboxylic acids is 1. The van der Waals surface area contributed by atoms with Gasteiger partial charge in [-0.2, -0.15) is 0 Å². The lowest BCUT2D eigenvalue weighted by molar-refractivity contribution is -0.142. The van der Waals surface area contributed by atoms with E-state index in [9.17, 15) is 4.79 Å². The fourth-order valence-electron chi connectivity index (χ4n) is 1.81. The summed E-state index contributed by atoms with van der Waals surface area (Å²) >= 11 is 0. The molecule has 1 saturated heterocycles. The van der Waals surface area contributed by atoms with Gasteiger partial charge in [0.05, 0.1) is 5.92 Å². The number of nitrogens with zero attached hydrogens (tertiary/aromatic N) is 1. The van der Waals surface area contributed by atoms with Crippen LogP contribution in [0.4, 0.5) is 0 Å². The number of carboxylic acid groups (broad SMARTS) is 1. The number of likely N-dealkylation sites (tertiary alicyclic amines) is 1. The Morgan fingerprint density at radius 1 is 1.69 bits per heavy atom. The maximum absolute atomic E-state index is 10.8. The predicted molar refractivity (Wildman–Crippen MR) is 51.5 cm³/mol. The highest BCUT2D eigenvalue weighted by atomic mass is 16.4. The van der Waals surface area contributed by atoms with Gasteiger partial charge in [0.2, 0.25) is 0 Å². The zero-order valence-corrected chi connectivity index (χ0v) is 8.23. The van der Waals surface area contributed by atoms with Crippen molar-refractivity contribution < 1.29 is 9.90 Å². The number of rotatable bonds is 3. The fraction of sp³-hybridized carbons (Fsp3) is 0.700. The van der Waals surface area contributed by atoms with Gasteiger partial charge >= 0.3 is 5.97 Å². The van der Waals surface area contributed by atoms with E-state index in [-0.39, 0.29) is 17.9 Å². The van der Waals surface area contributed by atoms with Crippen LogP contribution in [0.25, 0.3) is 0 Å². The largest absolute Gasteiger partial charge is 0.481 e. The molecule has 0 aromatic carbocycles. The molecule has 0 aliphatic carbocycles. The molecule has 1 heterocycles. The molecule has 3 atom stereocenters. The molecule has 0 bridgehead atoms. The van der Waals surface area contributed by atoms with Gasteiger partial charge in [0.1, 0.15) is 0 Å². The molecule has 1 fully saturated rings. The first-order valence-corrected chi connectivity index (χ1v) is 4.65. The van der Waals surface area contributed by atoms with Gasteiger partial charge in [-0.05, 0) is 12.8 Å². The lowest BCUT2D eigenvalue weighted by atomic mass is 9.99. The zero-order valence-electron chi connectivity index (χ0n) is 8.23. The third-order valence-corrected chi connectivity index (χ3v) is 2.87. The summed E-state index contributed by atoms with van der Waals surface area (Å²) < 4.78 is 0. The van der Waals surface area contributed by atoms with Crippen LogP contribution >= 0.6 is 0 Å². The van der Waals surface area contributed by atoms with E-state index in [1.165, 1.54) is 0 Å². The Labute approximate surface area is 79.0 Å². The van der Waals surface area contributed by atoms with Crippen molar-refractivity contribution in [2.75, 3.05) is 13.1 Å². The van der Waals surface area contributed by atoms with E-state index in [2.05, 4.69) is 11.5 Å². The maximum Gasteiger partial charge on any atom is 0.308 e. The monoisotopic (exact) mass is 183 g/mol. The van der Waals surface area contributed by atoms with Crippen molar-refractivity contribution in [3.63, 3.8) is 0 Å². The summed E-state index contributed by atoms with van der Waals surface area (Å²) in [6, 6.07) is 0.284. The molecule has 0 radical (unpaired) electrons. The fourth-order valence-corrected chi connectivity index (χ4v) is 1.81. The standard InChI is InChI=1S/C10H17NO2/c1-4-8(3)11-5-7(2)9(6-11)10(12)13/h4,7-9H,1,5-6H2,2-3H3,(H,12,13)/t7-,8?,9-/m1/s1. The van der Waals surface area contributed by atoms with Crippen LogP contribution in [-0.2, 0) is 4.79 Å². The second-order valence-electron chi connectivity index (χ2n) is 3.85. The van der Waals surface area contributed by atoms with Crippen LogP contribution in [0, 0.1) is 11.8 Å². The number of carbonyl (C=O) groups is 1. The van der Waals surface area contributed by atoms with E-state index < -0.39 is 5.97 Å². The van der Waals surface area contributed by atoms with Crippen LogP contribution in [0.1, 0.15) is 13.8 Å². The second kappa shape index (κ2) is 3.92. The zero-order chi connectivity index (χ0) is 10.0. The van der Waals surface area contributed by atoms with Crippen LogP contribution in [0.3, 0.4) is 0 Å². The second-order valence-corrected chi connectivity index (χ2v) is 3.85. The van der Waals surface area contributed by atoms with E-state index >= 15 is 0 Å². The molecule has 3 heteroatoms. The highest BCUT2D eigenvalue weighted by Gasteiger charge is 2.35. The lowest BCUT2D eigenvalue weighted by Crippen LogP contribution is -2.30. The Hall–Kier alpha value is -0.830. The maximum atomic E-state index is 10.8. The molecular weight excluding hydrogens is 166 g/mol. The van der Waals surface area contributed by atoms with Gasteiger partial charge < -0.3 is 5.11 Å².